The number of carbonyl (C=O) groups excluding carboxylic acids is 2. The molecule has 0 bridgehead atoms. The monoisotopic (exact) mass is 449 g/mol. The Kier molecular flexibility index (Phi) is 6.69. The van der Waals surface area contributed by atoms with Crippen LogP contribution in [0.3, 0.4) is 0 Å². The van der Waals surface area contributed by atoms with E-state index in [0.29, 0.717) is 28.5 Å². The van der Waals surface area contributed by atoms with E-state index in [2.05, 4.69) is 5.32 Å². The van der Waals surface area contributed by atoms with Crippen molar-refractivity contribution in [2.45, 2.75) is 17.9 Å². The first-order valence-corrected chi connectivity index (χ1v) is 11.8. The molecule has 0 aliphatic carbocycles. The van der Waals surface area contributed by atoms with Crippen molar-refractivity contribution in [3.63, 3.8) is 0 Å². The van der Waals surface area contributed by atoms with Gasteiger partial charge in [0.05, 0.1) is 12.0 Å². The number of sulfonamides is 1. The summed E-state index contributed by atoms with van der Waals surface area (Å²) >= 11 is 1.49. The van der Waals surface area contributed by atoms with Gasteiger partial charge in [-0.2, -0.15) is 16.1 Å². The SMILES string of the molecule is COc1ccc(C(=O)Nc2ccc(S(=O)(=O)N3CCSCC3C(N)=O)cc2)cc1C. The minimum atomic E-state index is -3.87. The van der Waals surface area contributed by atoms with E-state index < -0.39 is 22.0 Å². The van der Waals surface area contributed by atoms with Crippen LogP contribution in [0.15, 0.2) is 47.4 Å². The Morgan fingerprint density at radius 3 is 2.50 bits per heavy atom. The molecule has 2 amide bonds. The number of nitrogens with two attached hydrogens (primary N) is 1. The summed E-state index contributed by atoms with van der Waals surface area (Å²) in [6.45, 7) is 2.06. The van der Waals surface area contributed by atoms with Gasteiger partial charge >= 0.3 is 0 Å². The van der Waals surface area contributed by atoms with Crippen molar-refractivity contribution in [1.29, 1.82) is 0 Å². The number of ether oxygens (including phenoxy) is 1. The van der Waals surface area contributed by atoms with E-state index in [1.54, 1.807) is 25.3 Å². The van der Waals surface area contributed by atoms with Crippen LogP contribution in [0.2, 0.25) is 0 Å². The maximum Gasteiger partial charge on any atom is 0.255 e. The Balaban J connectivity index is 1.76. The summed E-state index contributed by atoms with van der Waals surface area (Å²) in [4.78, 5) is 24.2. The van der Waals surface area contributed by atoms with Gasteiger partial charge in [-0.25, -0.2) is 8.42 Å². The zero-order valence-electron chi connectivity index (χ0n) is 16.6. The maximum absolute atomic E-state index is 13.0. The first kappa shape index (κ1) is 22.1. The summed E-state index contributed by atoms with van der Waals surface area (Å²) < 4.78 is 32.3. The predicted octanol–water partition coefficient (Wildman–Crippen LogP) is 1.85. The lowest BCUT2D eigenvalue weighted by atomic mass is 10.1. The molecule has 1 aliphatic rings. The Morgan fingerprint density at radius 1 is 1.20 bits per heavy atom. The van der Waals surface area contributed by atoms with Gasteiger partial charge in [-0.3, -0.25) is 9.59 Å². The summed E-state index contributed by atoms with van der Waals surface area (Å²) in [5.41, 5.74) is 7.12. The predicted molar refractivity (Wildman–Crippen MR) is 116 cm³/mol. The normalized spacial score (nSPS) is 17.3. The second kappa shape index (κ2) is 9.07. The minimum Gasteiger partial charge on any atom is -0.496 e. The van der Waals surface area contributed by atoms with Gasteiger partial charge in [-0.05, 0) is 55.0 Å². The van der Waals surface area contributed by atoms with Crippen LogP contribution in [0, 0.1) is 6.92 Å². The zero-order valence-corrected chi connectivity index (χ0v) is 18.3. The summed E-state index contributed by atoms with van der Waals surface area (Å²) in [5, 5.41) is 2.74. The lowest BCUT2D eigenvalue weighted by Gasteiger charge is -2.32. The lowest BCUT2D eigenvalue weighted by Crippen LogP contribution is -2.52. The minimum absolute atomic E-state index is 0.0407. The van der Waals surface area contributed by atoms with Crippen LogP contribution in [-0.2, 0) is 14.8 Å². The van der Waals surface area contributed by atoms with Crippen molar-refractivity contribution >= 4 is 39.3 Å². The third kappa shape index (κ3) is 4.61. The Morgan fingerprint density at radius 2 is 1.90 bits per heavy atom. The molecule has 1 saturated heterocycles. The number of methoxy groups -OCH3 is 1. The number of hydrogen-bond donors (Lipinski definition) is 2. The fourth-order valence-corrected chi connectivity index (χ4v) is 6.03. The number of thioether (sulfide) groups is 1. The van der Waals surface area contributed by atoms with Gasteiger partial charge in [0, 0.05) is 29.3 Å². The molecular formula is C20H23N3O5S2. The average molecular weight is 450 g/mol. The van der Waals surface area contributed by atoms with Gasteiger partial charge in [0.2, 0.25) is 15.9 Å². The molecule has 0 spiro atoms. The highest BCUT2D eigenvalue weighted by Crippen LogP contribution is 2.26. The number of carbonyl (C=O) groups is 2. The van der Waals surface area contributed by atoms with Crippen molar-refractivity contribution in [3.8, 4) is 5.75 Å². The molecule has 0 saturated carbocycles. The second-order valence-corrected chi connectivity index (χ2v) is 9.81. The van der Waals surface area contributed by atoms with Crippen molar-refractivity contribution < 1.29 is 22.7 Å². The molecule has 10 heteroatoms. The van der Waals surface area contributed by atoms with Gasteiger partial charge in [0.1, 0.15) is 11.8 Å². The third-order valence-corrected chi connectivity index (χ3v) is 7.73. The highest BCUT2D eigenvalue weighted by Gasteiger charge is 2.36. The van der Waals surface area contributed by atoms with Crippen molar-refractivity contribution in [1.82, 2.24) is 4.31 Å². The molecule has 0 aromatic heterocycles. The van der Waals surface area contributed by atoms with E-state index in [9.17, 15) is 18.0 Å². The number of hydrogen-bond acceptors (Lipinski definition) is 6. The van der Waals surface area contributed by atoms with Gasteiger partial charge in [0.25, 0.3) is 5.91 Å². The van der Waals surface area contributed by atoms with E-state index in [4.69, 9.17) is 10.5 Å². The van der Waals surface area contributed by atoms with Crippen LogP contribution in [0.1, 0.15) is 15.9 Å². The number of benzene rings is 2. The van der Waals surface area contributed by atoms with Gasteiger partial charge in [0.15, 0.2) is 0 Å². The fourth-order valence-electron chi connectivity index (χ4n) is 3.17. The number of primary amides is 1. The van der Waals surface area contributed by atoms with Crippen molar-refractivity contribution in [3.05, 3.63) is 53.6 Å². The standard InChI is InChI=1S/C20H23N3O5S2/c1-13-11-14(3-8-18(13)28-2)20(25)22-15-4-6-16(7-5-15)30(26,27)23-9-10-29-12-17(23)19(21)24/h3-8,11,17H,9-10,12H2,1-2H3,(H2,21,24)(H,22,25). The molecular weight excluding hydrogens is 426 g/mol. The lowest BCUT2D eigenvalue weighted by molar-refractivity contribution is -0.121. The number of nitrogens with one attached hydrogen (secondary N) is 1. The fraction of sp³-hybridized carbons (Fsp3) is 0.300. The van der Waals surface area contributed by atoms with Crippen LogP contribution >= 0.6 is 11.8 Å². The molecule has 2 aromatic carbocycles. The summed E-state index contributed by atoms with van der Waals surface area (Å²) in [6.07, 6.45) is 0. The molecule has 1 aliphatic heterocycles. The number of nitrogens with zero attached hydrogens (tertiary/aromatic N) is 1. The molecule has 2 aromatic rings. The molecule has 30 heavy (non-hydrogen) atoms. The van der Waals surface area contributed by atoms with Gasteiger partial charge < -0.3 is 15.8 Å². The molecule has 0 radical (unpaired) electrons. The molecule has 3 rings (SSSR count). The highest BCUT2D eigenvalue weighted by molar-refractivity contribution is 7.99. The van der Waals surface area contributed by atoms with Crippen LogP contribution in [0.25, 0.3) is 0 Å². The maximum atomic E-state index is 13.0. The molecule has 3 N–H and O–H groups in total. The van der Waals surface area contributed by atoms with Crippen LogP contribution in [0.4, 0.5) is 5.69 Å². The van der Waals surface area contributed by atoms with E-state index >= 15 is 0 Å². The molecule has 160 valence electrons. The number of rotatable bonds is 6. The van der Waals surface area contributed by atoms with Crippen molar-refractivity contribution in [2.75, 3.05) is 30.5 Å². The second-order valence-electron chi connectivity index (χ2n) is 6.77. The van der Waals surface area contributed by atoms with Crippen LogP contribution in [0.5, 0.6) is 5.75 Å². The first-order chi connectivity index (χ1) is 14.2. The summed E-state index contributed by atoms with van der Waals surface area (Å²) in [7, 11) is -2.31. The van der Waals surface area contributed by atoms with Crippen LogP contribution < -0.4 is 15.8 Å². The molecule has 1 heterocycles. The molecule has 8 nitrogen and oxygen atoms in total. The van der Waals surface area contributed by atoms with E-state index in [1.165, 1.54) is 36.0 Å². The summed E-state index contributed by atoms with van der Waals surface area (Å²) in [6, 6.07) is 10.0. The number of amides is 2. The average Bonchev–Trinajstić information content (AvgIpc) is 2.74. The van der Waals surface area contributed by atoms with Crippen LogP contribution in [-0.4, -0.2) is 55.7 Å². The summed E-state index contributed by atoms with van der Waals surface area (Å²) in [5.74, 6) is 0.636. The van der Waals surface area contributed by atoms with Crippen molar-refractivity contribution in [2.24, 2.45) is 5.73 Å². The topological polar surface area (TPSA) is 119 Å². The Bertz CT molecular complexity index is 1050. The Labute approximate surface area is 179 Å². The number of aryl methyl sites for hydroxylation is 1. The van der Waals surface area contributed by atoms with E-state index in [0.717, 1.165) is 9.87 Å². The van der Waals surface area contributed by atoms with E-state index in [1.807, 2.05) is 6.92 Å². The smallest absolute Gasteiger partial charge is 0.255 e. The van der Waals surface area contributed by atoms with Gasteiger partial charge in [-0.15, -0.1) is 0 Å². The Hall–Kier alpha value is -2.56. The van der Waals surface area contributed by atoms with Gasteiger partial charge in [-0.1, -0.05) is 0 Å². The van der Waals surface area contributed by atoms with E-state index in [-0.39, 0.29) is 17.3 Å². The molecule has 1 atom stereocenters. The third-order valence-electron chi connectivity index (χ3n) is 4.78. The zero-order chi connectivity index (χ0) is 21.9. The quantitative estimate of drug-likeness (QED) is 0.695. The molecule has 1 unspecified atom stereocenters. The highest BCUT2D eigenvalue weighted by atomic mass is 32.2. The largest absolute Gasteiger partial charge is 0.496 e. The molecule has 1 fully saturated rings. The number of anilines is 1. The first-order valence-electron chi connectivity index (χ1n) is 9.19.